The number of primary amides is 2. The van der Waals surface area contributed by atoms with Crippen molar-refractivity contribution >= 4 is 11.8 Å². The van der Waals surface area contributed by atoms with Crippen molar-refractivity contribution in [3.8, 4) is 0 Å². The predicted molar refractivity (Wildman–Crippen MR) is 87.5 cm³/mol. The summed E-state index contributed by atoms with van der Waals surface area (Å²) in [6, 6.07) is 0. The van der Waals surface area contributed by atoms with Gasteiger partial charge in [-0.05, 0) is 25.7 Å². The topological polar surface area (TPSA) is 86.2 Å². The lowest BCUT2D eigenvalue weighted by atomic mass is 9.90. The van der Waals surface area contributed by atoms with Gasteiger partial charge in [0.1, 0.15) is 0 Å². The Hall–Kier alpha value is -1.06. The van der Waals surface area contributed by atoms with Gasteiger partial charge >= 0.3 is 0 Å². The van der Waals surface area contributed by atoms with E-state index in [0.717, 1.165) is 44.9 Å². The molecule has 0 aromatic carbocycles. The Labute approximate surface area is 130 Å². The minimum absolute atomic E-state index is 0.0400. The third kappa shape index (κ3) is 10.3. The molecule has 0 aromatic heterocycles. The zero-order valence-electron chi connectivity index (χ0n) is 13.9. The number of nitrogens with two attached hydrogens (primary N) is 2. The lowest BCUT2D eigenvalue weighted by Gasteiger charge is -2.16. The van der Waals surface area contributed by atoms with E-state index in [2.05, 4.69) is 13.8 Å². The van der Waals surface area contributed by atoms with E-state index in [4.69, 9.17) is 11.5 Å². The number of amides is 2. The van der Waals surface area contributed by atoms with Gasteiger partial charge in [0.25, 0.3) is 0 Å². The Balaban J connectivity index is 3.97. The van der Waals surface area contributed by atoms with Crippen LogP contribution in [0.1, 0.15) is 84.5 Å². The van der Waals surface area contributed by atoms with E-state index in [1.165, 1.54) is 25.7 Å². The predicted octanol–water partition coefficient (Wildman–Crippen LogP) is 3.52. The molecule has 124 valence electrons. The number of carbonyl (C=O) groups is 2. The van der Waals surface area contributed by atoms with Gasteiger partial charge in [0.15, 0.2) is 0 Å². The lowest BCUT2D eigenvalue weighted by Crippen LogP contribution is -2.25. The van der Waals surface area contributed by atoms with Crippen LogP contribution >= 0.6 is 0 Å². The third-order valence-corrected chi connectivity index (χ3v) is 4.20. The molecular weight excluding hydrogens is 264 g/mol. The summed E-state index contributed by atoms with van der Waals surface area (Å²) in [7, 11) is 0. The Bertz CT molecular complexity index is 293. The van der Waals surface area contributed by atoms with E-state index in [9.17, 15) is 9.59 Å². The molecule has 0 heterocycles. The molecule has 0 aliphatic rings. The average molecular weight is 298 g/mol. The van der Waals surface area contributed by atoms with Crippen LogP contribution in [0.15, 0.2) is 0 Å². The van der Waals surface area contributed by atoms with Crippen LogP contribution in [0.3, 0.4) is 0 Å². The molecule has 0 spiro atoms. The monoisotopic (exact) mass is 298 g/mol. The van der Waals surface area contributed by atoms with Crippen molar-refractivity contribution in [2.75, 3.05) is 0 Å². The number of unbranched alkanes of at least 4 members (excludes halogenated alkanes) is 4. The maximum atomic E-state index is 11.5. The van der Waals surface area contributed by atoms with Crippen molar-refractivity contribution in [3.63, 3.8) is 0 Å². The standard InChI is InChI=1S/C17H34N2O2/c1-3-5-6-7-8-11-15(17(19)21)13-9-12-14(10-4-2)16(18)20/h14-15H,3-13H2,1-2H3,(H2,18,20)(H2,19,21). The Morgan fingerprint density at radius 3 is 1.62 bits per heavy atom. The average Bonchev–Trinajstić information content (AvgIpc) is 2.43. The van der Waals surface area contributed by atoms with Gasteiger partial charge in [-0.1, -0.05) is 58.8 Å². The fraction of sp³-hybridized carbons (Fsp3) is 0.882. The smallest absolute Gasteiger partial charge is 0.220 e. The molecule has 0 aliphatic heterocycles. The lowest BCUT2D eigenvalue weighted by molar-refractivity contribution is -0.122. The highest BCUT2D eigenvalue weighted by Crippen LogP contribution is 2.21. The quantitative estimate of drug-likeness (QED) is 0.481. The van der Waals surface area contributed by atoms with Crippen LogP contribution in [0.25, 0.3) is 0 Å². The summed E-state index contributed by atoms with van der Waals surface area (Å²) in [6.45, 7) is 4.25. The van der Waals surface area contributed by atoms with E-state index < -0.39 is 0 Å². The Morgan fingerprint density at radius 2 is 1.14 bits per heavy atom. The van der Waals surface area contributed by atoms with Gasteiger partial charge in [-0.25, -0.2) is 0 Å². The van der Waals surface area contributed by atoms with Crippen molar-refractivity contribution in [2.24, 2.45) is 23.3 Å². The van der Waals surface area contributed by atoms with Gasteiger partial charge in [0.05, 0.1) is 0 Å². The number of rotatable bonds is 14. The summed E-state index contributed by atoms with van der Waals surface area (Å²) in [5.41, 5.74) is 10.9. The van der Waals surface area contributed by atoms with Gasteiger partial charge in [-0.15, -0.1) is 0 Å². The molecule has 21 heavy (non-hydrogen) atoms. The SMILES string of the molecule is CCCCCCCC(CCCC(CCC)C(N)=O)C(N)=O. The summed E-state index contributed by atoms with van der Waals surface area (Å²) >= 11 is 0. The summed E-state index contributed by atoms with van der Waals surface area (Å²) in [4.78, 5) is 22.8. The van der Waals surface area contributed by atoms with E-state index >= 15 is 0 Å². The second-order valence-electron chi connectivity index (χ2n) is 6.12. The van der Waals surface area contributed by atoms with Crippen molar-refractivity contribution in [3.05, 3.63) is 0 Å². The molecule has 4 heteroatoms. The molecule has 4 N–H and O–H groups in total. The number of carbonyl (C=O) groups excluding carboxylic acids is 2. The molecule has 0 rings (SSSR count). The molecule has 2 atom stereocenters. The van der Waals surface area contributed by atoms with E-state index in [-0.39, 0.29) is 23.7 Å². The molecule has 0 aliphatic carbocycles. The van der Waals surface area contributed by atoms with Crippen LogP contribution in [-0.4, -0.2) is 11.8 Å². The van der Waals surface area contributed by atoms with Gasteiger partial charge in [0, 0.05) is 11.8 Å². The first-order valence-electron chi connectivity index (χ1n) is 8.61. The largest absolute Gasteiger partial charge is 0.369 e. The summed E-state index contributed by atoms with van der Waals surface area (Å²) in [5.74, 6) is -0.501. The fourth-order valence-corrected chi connectivity index (χ4v) is 2.81. The first-order valence-corrected chi connectivity index (χ1v) is 8.61. The molecule has 2 unspecified atom stereocenters. The maximum absolute atomic E-state index is 11.5. The number of hydrogen-bond donors (Lipinski definition) is 2. The molecule has 0 fully saturated rings. The summed E-state index contributed by atoms with van der Waals surface area (Å²) in [5, 5.41) is 0. The summed E-state index contributed by atoms with van der Waals surface area (Å²) < 4.78 is 0. The molecular formula is C17H34N2O2. The molecule has 0 saturated carbocycles. The van der Waals surface area contributed by atoms with Crippen LogP contribution in [-0.2, 0) is 9.59 Å². The first-order chi connectivity index (χ1) is 10.0. The van der Waals surface area contributed by atoms with Crippen LogP contribution in [0.4, 0.5) is 0 Å². The molecule has 0 radical (unpaired) electrons. The van der Waals surface area contributed by atoms with E-state index in [0.29, 0.717) is 0 Å². The van der Waals surface area contributed by atoms with Crippen molar-refractivity contribution in [1.29, 1.82) is 0 Å². The van der Waals surface area contributed by atoms with Gasteiger partial charge < -0.3 is 11.5 Å². The van der Waals surface area contributed by atoms with Crippen LogP contribution in [0, 0.1) is 11.8 Å². The second-order valence-corrected chi connectivity index (χ2v) is 6.12. The molecule has 0 bridgehead atoms. The number of hydrogen-bond acceptors (Lipinski definition) is 2. The Kier molecular flexibility index (Phi) is 12.0. The van der Waals surface area contributed by atoms with E-state index in [1.54, 1.807) is 0 Å². The zero-order chi connectivity index (χ0) is 16.1. The highest BCUT2D eigenvalue weighted by molar-refractivity contribution is 5.77. The Morgan fingerprint density at radius 1 is 0.667 bits per heavy atom. The van der Waals surface area contributed by atoms with Crippen molar-refractivity contribution in [2.45, 2.75) is 84.5 Å². The highest BCUT2D eigenvalue weighted by atomic mass is 16.1. The van der Waals surface area contributed by atoms with Crippen molar-refractivity contribution < 1.29 is 9.59 Å². The second kappa shape index (κ2) is 12.7. The molecule has 0 aromatic rings. The summed E-state index contributed by atoms with van der Waals surface area (Å²) in [6.07, 6.45) is 11.1. The van der Waals surface area contributed by atoms with E-state index in [1.807, 2.05) is 0 Å². The normalized spacial score (nSPS) is 13.8. The molecule has 4 nitrogen and oxygen atoms in total. The molecule has 2 amide bonds. The van der Waals surface area contributed by atoms with Crippen LogP contribution < -0.4 is 11.5 Å². The zero-order valence-corrected chi connectivity index (χ0v) is 13.9. The minimum Gasteiger partial charge on any atom is -0.369 e. The highest BCUT2D eigenvalue weighted by Gasteiger charge is 2.18. The first kappa shape index (κ1) is 19.9. The van der Waals surface area contributed by atoms with Gasteiger partial charge in [-0.2, -0.15) is 0 Å². The minimum atomic E-state index is -0.216. The third-order valence-electron chi connectivity index (χ3n) is 4.20. The van der Waals surface area contributed by atoms with Gasteiger partial charge in [-0.3, -0.25) is 9.59 Å². The van der Waals surface area contributed by atoms with Gasteiger partial charge in [0.2, 0.25) is 11.8 Å². The van der Waals surface area contributed by atoms with Crippen LogP contribution in [0.2, 0.25) is 0 Å². The fourth-order valence-electron chi connectivity index (χ4n) is 2.81. The van der Waals surface area contributed by atoms with Crippen LogP contribution in [0.5, 0.6) is 0 Å². The van der Waals surface area contributed by atoms with Crippen molar-refractivity contribution in [1.82, 2.24) is 0 Å². The molecule has 0 saturated heterocycles. The maximum Gasteiger partial charge on any atom is 0.220 e.